The number of hydrogen-bond donors (Lipinski definition) is 2. The largest absolute Gasteiger partial charge is 0.396 e. The van der Waals surface area contributed by atoms with Crippen LogP contribution in [0.15, 0.2) is 34.6 Å². The molecule has 2 aromatic rings. The summed E-state index contributed by atoms with van der Waals surface area (Å²) >= 11 is 1.64. The maximum Gasteiger partial charge on any atom is 0.263 e. The molecule has 3 rings (SSSR count). The van der Waals surface area contributed by atoms with Gasteiger partial charge in [-0.1, -0.05) is 6.07 Å². The van der Waals surface area contributed by atoms with Gasteiger partial charge in [0.2, 0.25) is 0 Å². The molecule has 1 atom stereocenters. The van der Waals surface area contributed by atoms with Crippen molar-refractivity contribution in [2.75, 3.05) is 13.2 Å². The fraction of sp³-hybridized carbons (Fsp3) is 0.444. The average Bonchev–Trinajstić information content (AvgIpc) is 3.27. The lowest BCUT2D eigenvalue weighted by Crippen LogP contribution is -2.37. The number of amides is 1. The number of thiophene rings is 1. The van der Waals surface area contributed by atoms with Crippen molar-refractivity contribution in [3.63, 3.8) is 0 Å². The number of aliphatic hydroxyl groups is 1. The lowest BCUT2D eigenvalue weighted by molar-refractivity contribution is 0.0937. The summed E-state index contributed by atoms with van der Waals surface area (Å²) in [7, 11) is 0. The number of aliphatic hydroxyl groups excluding tert-OH is 1. The maximum absolute atomic E-state index is 12.5. The molecule has 1 fully saturated rings. The van der Waals surface area contributed by atoms with Crippen LogP contribution in [0.4, 0.5) is 0 Å². The Labute approximate surface area is 145 Å². The van der Waals surface area contributed by atoms with Gasteiger partial charge in [0.15, 0.2) is 0 Å². The molecule has 1 aliphatic carbocycles. The van der Waals surface area contributed by atoms with E-state index in [9.17, 15) is 14.7 Å². The Hall–Kier alpha value is -1.92. The first kappa shape index (κ1) is 16.9. The van der Waals surface area contributed by atoms with Crippen molar-refractivity contribution in [3.05, 3.63) is 56.1 Å². The van der Waals surface area contributed by atoms with E-state index >= 15 is 0 Å². The monoisotopic (exact) mass is 346 g/mol. The fourth-order valence-corrected chi connectivity index (χ4v) is 3.62. The third kappa shape index (κ3) is 3.76. The molecule has 2 N–H and O–H groups in total. The molecule has 5 nitrogen and oxygen atoms in total. The first-order valence-corrected chi connectivity index (χ1v) is 9.11. The Morgan fingerprint density at radius 2 is 2.25 bits per heavy atom. The summed E-state index contributed by atoms with van der Waals surface area (Å²) in [5.41, 5.74) is 0.694. The predicted molar refractivity (Wildman–Crippen MR) is 94.6 cm³/mol. The first-order chi connectivity index (χ1) is 11.6. The number of rotatable bonds is 7. The number of carbonyl (C=O) groups is 1. The van der Waals surface area contributed by atoms with Crippen molar-refractivity contribution in [2.24, 2.45) is 5.92 Å². The highest BCUT2D eigenvalue weighted by atomic mass is 32.1. The van der Waals surface area contributed by atoms with Gasteiger partial charge in [0.25, 0.3) is 11.5 Å². The highest BCUT2D eigenvalue weighted by Gasteiger charge is 2.27. The van der Waals surface area contributed by atoms with Gasteiger partial charge in [-0.05, 0) is 49.3 Å². The van der Waals surface area contributed by atoms with Crippen molar-refractivity contribution < 1.29 is 9.90 Å². The second kappa shape index (κ2) is 7.32. The molecule has 0 spiro atoms. The van der Waals surface area contributed by atoms with E-state index in [2.05, 4.69) is 5.32 Å². The van der Waals surface area contributed by atoms with Gasteiger partial charge < -0.3 is 15.0 Å². The topological polar surface area (TPSA) is 71.3 Å². The molecule has 0 aliphatic heterocycles. The standard InChI is InChI=1S/C18H22N2O3S/c1-12-6-7-20(14-4-5-14)18(23)16(12)17(22)19-10-13(11-21)9-15-3-2-8-24-15/h2-3,6-8,13-14,21H,4-5,9-11H2,1H3,(H,19,22). The smallest absolute Gasteiger partial charge is 0.263 e. The highest BCUT2D eigenvalue weighted by molar-refractivity contribution is 7.09. The molecule has 128 valence electrons. The summed E-state index contributed by atoms with van der Waals surface area (Å²) in [4.78, 5) is 26.2. The summed E-state index contributed by atoms with van der Waals surface area (Å²) < 4.78 is 1.66. The van der Waals surface area contributed by atoms with Gasteiger partial charge in [0.1, 0.15) is 5.56 Å². The molecule has 1 saturated carbocycles. The molecular formula is C18H22N2O3S. The van der Waals surface area contributed by atoms with Crippen LogP contribution >= 0.6 is 11.3 Å². The molecule has 0 bridgehead atoms. The van der Waals surface area contributed by atoms with E-state index in [0.29, 0.717) is 18.5 Å². The molecule has 6 heteroatoms. The quantitative estimate of drug-likeness (QED) is 0.807. The van der Waals surface area contributed by atoms with Gasteiger partial charge in [-0.25, -0.2) is 0 Å². The van der Waals surface area contributed by atoms with E-state index in [4.69, 9.17) is 0 Å². The summed E-state index contributed by atoms with van der Waals surface area (Å²) in [6.07, 6.45) is 4.49. The van der Waals surface area contributed by atoms with Crippen LogP contribution in [-0.2, 0) is 6.42 Å². The third-order valence-corrected chi connectivity index (χ3v) is 5.27. The molecule has 24 heavy (non-hydrogen) atoms. The van der Waals surface area contributed by atoms with Crippen LogP contribution in [0.25, 0.3) is 0 Å². The third-order valence-electron chi connectivity index (χ3n) is 4.37. The number of aromatic nitrogens is 1. The first-order valence-electron chi connectivity index (χ1n) is 8.23. The number of hydrogen-bond acceptors (Lipinski definition) is 4. The predicted octanol–water partition coefficient (Wildman–Crippen LogP) is 2.13. The molecule has 1 aliphatic rings. The van der Waals surface area contributed by atoms with Crippen LogP contribution in [0.2, 0.25) is 0 Å². The Balaban J connectivity index is 1.68. The minimum atomic E-state index is -0.350. The van der Waals surface area contributed by atoms with Crippen LogP contribution in [0.5, 0.6) is 0 Å². The minimum absolute atomic E-state index is 0.00173. The van der Waals surface area contributed by atoms with Crippen molar-refractivity contribution >= 4 is 17.2 Å². The average molecular weight is 346 g/mol. The molecule has 2 aromatic heterocycles. The Morgan fingerprint density at radius 3 is 2.88 bits per heavy atom. The van der Waals surface area contributed by atoms with Crippen LogP contribution in [-0.4, -0.2) is 28.7 Å². The molecular weight excluding hydrogens is 324 g/mol. The number of pyridine rings is 1. The fourth-order valence-electron chi connectivity index (χ4n) is 2.80. The lowest BCUT2D eigenvalue weighted by Gasteiger charge is -2.15. The van der Waals surface area contributed by atoms with Gasteiger partial charge in [0, 0.05) is 36.2 Å². The maximum atomic E-state index is 12.5. The van der Waals surface area contributed by atoms with Crippen LogP contribution in [0, 0.1) is 12.8 Å². The van der Waals surface area contributed by atoms with Crippen molar-refractivity contribution in [3.8, 4) is 0 Å². The van der Waals surface area contributed by atoms with Gasteiger partial charge >= 0.3 is 0 Å². The van der Waals surface area contributed by atoms with E-state index in [-0.39, 0.29) is 35.6 Å². The van der Waals surface area contributed by atoms with Crippen LogP contribution < -0.4 is 10.9 Å². The summed E-state index contributed by atoms with van der Waals surface area (Å²) in [5.74, 6) is -0.403. The number of carbonyl (C=O) groups excluding carboxylic acids is 1. The van der Waals surface area contributed by atoms with E-state index in [1.165, 1.54) is 4.88 Å². The van der Waals surface area contributed by atoms with E-state index in [1.54, 1.807) is 29.0 Å². The highest BCUT2D eigenvalue weighted by Crippen LogP contribution is 2.33. The van der Waals surface area contributed by atoms with Gasteiger partial charge in [-0.2, -0.15) is 0 Å². The number of aryl methyl sites for hydroxylation is 1. The molecule has 0 aromatic carbocycles. The molecule has 0 radical (unpaired) electrons. The van der Waals surface area contributed by atoms with Crippen LogP contribution in [0.3, 0.4) is 0 Å². The molecule has 1 amide bonds. The van der Waals surface area contributed by atoms with Crippen molar-refractivity contribution in [2.45, 2.75) is 32.2 Å². The van der Waals surface area contributed by atoms with Gasteiger partial charge in [-0.15, -0.1) is 11.3 Å². The molecule has 2 heterocycles. The van der Waals surface area contributed by atoms with E-state index in [1.807, 2.05) is 23.6 Å². The summed E-state index contributed by atoms with van der Waals surface area (Å²) in [5, 5.41) is 14.3. The van der Waals surface area contributed by atoms with Crippen molar-refractivity contribution in [1.82, 2.24) is 9.88 Å². The zero-order valence-electron chi connectivity index (χ0n) is 13.7. The normalized spacial score (nSPS) is 15.2. The van der Waals surface area contributed by atoms with Gasteiger partial charge in [0.05, 0.1) is 0 Å². The van der Waals surface area contributed by atoms with Crippen molar-refractivity contribution in [1.29, 1.82) is 0 Å². The molecule has 1 unspecified atom stereocenters. The second-order valence-electron chi connectivity index (χ2n) is 6.36. The Morgan fingerprint density at radius 1 is 1.46 bits per heavy atom. The zero-order valence-corrected chi connectivity index (χ0v) is 14.5. The van der Waals surface area contributed by atoms with Crippen LogP contribution in [0.1, 0.15) is 39.7 Å². The number of nitrogens with zero attached hydrogens (tertiary/aromatic N) is 1. The van der Waals surface area contributed by atoms with E-state index < -0.39 is 0 Å². The molecule has 0 saturated heterocycles. The SMILES string of the molecule is Cc1ccn(C2CC2)c(=O)c1C(=O)NCC(CO)Cc1cccs1. The zero-order chi connectivity index (χ0) is 17.1. The summed E-state index contributed by atoms with van der Waals surface area (Å²) in [6.45, 7) is 2.13. The second-order valence-corrected chi connectivity index (χ2v) is 7.39. The Bertz CT molecular complexity index is 763. The lowest BCUT2D eigenvalue weighted by atomic mass is 10.0. The number of nitrogens with one attached hydrogen (secondary N) is 1. The van der Waals surface area contributed by atoms with E-state index in [0.717, 1.165) is 12.8 Å². The Kier molecular flexibility index (Phi) is 5.16. The minimum Gasteiger partial charge on any atom is -0.396 e. The van der Waals surface area contributed by atoms with Gasteiger partial charge in [-0.3, -0.25) is 9.59 Å². The summed E-state index contributed by atoms with van der Waals surface area (Å²) in [6, 6.07) is 6.06.